The predicted molar refractivity (Wildman–Crippen MR) is 120 cm³/mol. The minimum Gasteiger partial charge on any atom is -0.260 e. The van der Waals surface area contributed by atoms with Crippen molar-refractivity contribution in [2.75, 3.05) is 0 Å². The lowest BCUT2D eigenvalue weighted by Crippen LogP contribution is -2.14. The maximum atomic E-state index is 4.90. The van der Waals surface area contributed by atoms with Crippen molar-refractivity contribution in [1.29, 1.82) is 0 Å². The number of hydrogen-bond donors (Lipinski definition) is 0. The Labute approximate surface area is 167 Å². The topological polar surface area (TPSA) is 25.8 Å². The number of aromatic nitrogens is 2. The summed E-state index contributed by atoms with van der Waals surface area (Å²) in [6.45, 7) is 13.3. The average Bonchev–Trinajstić information content (AvgIpc) is 2.64. The Bertz CT molecular complexity index is 1170. The van der Waals surface area contributed by atoms with Crippen LogP contribution in [-0.2, 0) is 10.8 Å². The molecule has 0 saturated heterocycles. The van der Waals surface area contributed by atoms with Crippen molar-refractivity contribution in [1.82, 2.24) is 9.97 Å². The van der Waals surface area contributed by atoms with Crippen LogP contribution in [0.25, 0.3) is 32.7 Å². The zero-order valence-electron chi connectivity index (χ0n) is 17.7. The molecule has 0 spiro atoms. The zero-order valence-corrected chi connectivity index (χ0v) is 17.7. The van der Waals surface area contributed by atoms with Gasteiger partial charge in [-0.1, -0.05) is 84.0 Å². The second kappa shape index (κ2) is 6.41. The fourth-order valence-electron chi connectivity index (χ4n) is 3.82. The SMILES string of the molecule is CC(C)(C)c1cc2cccc(-c3cnc(C(C)(C)C)c4ccccc34)c2cn1. The van der Waals surface area contributed by atoms with Gasteiger partial charge in [0.1, 0.15) is 0 Å². The van der Waals surface area contributed by atoms with E-state index in [9.17, 15) is 0 Å². The molecule has 0 bridgehead atoms. The molecule has 0 radical (unpaired) electrons. The molecule has 2 aromatic heterocycles. The summed E-state index contributed by atoms with van der Waals surface area (Å²) in [5.74, 6) is 0. The number of benzene rings is 2. The summed E-state index contributed by atoms with van der Waals surface area (Å²) in [5.41, 5.74) is 4.64. The molecule has 0 aliphatic heterocycles. The molecule has 4 rings (SSSR count). The Morgan fingerprint density at radius 3 is 2.00 bits per heavy atom. The molecular weight excluding hydrogens is 340 g/mol. The van der Waals surface area contributed by atoms with Gasteiger partial charge in [0.05, 0.1) is 5.69 Å². The van der Waals surface area contributed by atoms with E-state index in [0.717, 1.165) is 11.4 Å². The van der Waals surface area contributed by atoms with Crippen molar-refractivity contribution in [3.63, 3.8) is 0 Å². The fourth-order valence-corrected chi connectivity index (χ4v) is 3.82. The molecule has 0 aliphatic rings. The van der Waals surface area contributed by atoms with Crippen LogP contribution < -0.4 is 0 Å². The maximum absolute atomic E-state index is 4.90. The van der Waals surface area contributed by atoms with Crippen LogP contribution in [0.2, 0.25) is 0 Å². The second-order valence-corrected chi connectivity index (χ2v) is 9.66. The van der Waals surface area contributed by atoms with E-state index in [1.165, 1.54) is 32.7 Å². The van der Waals surface area contributed by atoms with Crippen molar-refractivity contribution < 1.29 is 0 Å². The van der Waals surface area contributed by atoms with Gasteiger partial charge in [0.25, 0.3) is 0 Å². The highest BCUT2D eigenvalue weighted by Crippen LogP contribution is 2.37. The van der Waals surface area contributed by atoms with Crippen LogP contribution >= 0.6 is 0 Å². The Morgan fingerprint density at radius 1 is 0.607 bits per heavy atom. The van der Waals surface area contributed by atoms with Gasteiger partial charge < -0.3 is 0 Å². The van der Waals surface area contributed by atoms with Gasteiger partial charge in [-0.2, -0.15) is 0 Å². The van der Waals surface area contributed by atoms with Gasteiger partial charge >= 0.3 is 0 Å². The summed E-state index contributed by atoms with van der Waals surface area (Å²) < 4.78 is 0. The van der Waals surface area contributed by atoms with E-state index in [1.807, 2.05) is 12.4 Å². The normalized spacial score (nSPS) is 12.6. The third kappa shape index (κ3) is 3.17. The van der Waals surface area contributed by atoms with Gasteiger partial charge in [0.15, 0.2) is 0 Å². The van der Waals surface area contributed by atoms with Crippen LogP contribution in [-0.4, -0.2) is 9.97 Å². The Kier molecular flexibility index (Phi) is 4.26. The number of pyridine rings is 2. The second-order valence-electron chi connectivity index (χ2n) is 9.66. The summed E-state index contributed by atoms with van der Waals surface area (Å²) in [7, 11) is 0. The Hall–Kier alpha value is -2.74. The van der Waals surface area contributed by atoms with Crippen molar-refractivity contribution in [2.24, 2.45) is 0 Å². The summed E-state index contributed by atoms with van der Waals surface area (Å²) in [5, 5.41) is 4.87. The van der Waals surface area contributed by atoms with Crippen molar-refractivity contribution in [3.05, 3.63) is 72.3 Å². The molecule has 4 aromatic rings. The molecule has 0 fully saturated rings. The molecule has 2 heterocycles. The van der Waals surface area contributed by atoms with Crippen LogP contribution in [0.15, 0.2) is 60.9 Å². The molecule has 0 aliphatic carbocycles. The summed E-state index contributed by atoms with van der Waals surface area (Å²) in [6, 6.07) is 17.3. The van der Waals surface area contributed by atoms with E-state index >= 15 is 0 Å². The highest BCUT2D eigenvalue weighted by atomic mass is 14.7. The average molecular weight is 369 g/mol. The van der Waals surface area contributed by atoms with Gasteiger partial charge in [-0.05, 0) is 22.4 Å². The minimum absolute atomic E-state index is 0.0000543. The number of nitrogens with zero attached hydrogens (tertiary/aromatic N) is 2. The smallest absolute Gasteiger partial charge is 0.0535 e. The van der Waals surface area contributed by atoms with Crippen molar-refractivity contribution >= 4 is 21.5 Å². The monoisotopic (exact) mass is 368 g/mol. The van der Waals surface area contributed by atoms with Gasteiger partial charge in [-0.3, -0.25) is 9.97 Å². The number of hydrogen-bond acceptors (Lipinski definition) is 2. The van der Waals surface area contributed by atoms with Crippen LogP contribution in [0.1, 0.15) is 52.9 Å². The summed E-state index contributed by atoms with van der Waals surface area (Å²) >= 11 is 0. The fraction of sp³-hybridized carbons (Fsp3) is 0.308. The predicted octanol–water partition coefficient (Wildman–Crippen LogP) is 7.05. The first kappa shape index (κ1) is 18.6. The van der Waals surface area contributed by atoms with Gasteiger partial charge in [0.2, 0.25) is 0 Å². The lowest BCUT2D eigenvalue weighted by molar-refractivity contribution is 0.570. The quantitative estimate of drug-likeness (QED) is 0.360. The minimum atomic E-state index is 0.0000543. The molecule has 0 atom stereocenters. The van der Waals surface area contributed by atoms with Gasteiger partial charge in [0, 0.05) is 45.3 Å². The molecular formula is C26H28N2. The molecule has 2 aromatic carbocycles. The molecule has 2 heteroatoms. The van der Waals surface area contributed by atoms with Crippen molar-refractivity contribution in [2.45, 2.75) is 52.4 Å². The van der Waals surface area contributed by atoms with E-state index in [2.05, 4.69) is 90.1 Å². The molecule has 142 valence electrons. The first-order chi connectivity index (χ1) is 13.2. The maximum Gasteiger partial charge on any atom is 0.0535 e. The molecule has 0 unspecified atom stereocenters. The lowest BCUT2D eigenvalue weighted by Gasteiger charge is -2.22. The number of rotatable bonds is 1. The molecule has 0 amide bonds. The third-order valence-electron chi connectivity index (χ3n) is 5.33. The van der Waals surface area contributed by atoms with E-state index in [1.54, 1.807) is 0 Å². The lowest BCUT2D eigenvalue weighted by atomic mass is 9.86. The third-order valence-corrected chi connectivity index (χ3v) is 5.33. The van der Waals surface area contributed by atoms with Gasteiger partial charge in [-0.25, -0.2) is 0 Å². The first-order valence-corrected chi connectivity index (χ1v) is 9.94. The largest absolute Gasteiger partial charge is 0.260 e. The molecule has 0 N–H and O–H groups in total. The van der Waals surface area contributed by atoms with Crippen molar-refractivity contribution in [3.8, 4) is 11.1 Å². The molecule has 2 nitrogen and oxygen atoms in total. The Balaban J connectivity index is 2.00. The number of fused-ring (bicyclic) bond motifs is 2. The van der Waals surface area contributed by atoms with E-state index in [-0.39, 0.29) is 10.8 Å². The summed E-state index contributed by atoms with van der Waals surface area (Å²) in [6.07, 6.45) is 4.06. The van der Waals surface area contributed by atoms with Crippen LogP contribution in [0.5, 0.6) is 0 Å². The highest BCUT2D eigenvalue weighted by Gasteiger charge is 2.21. The van der Waals surface area contributed by atoms with Crippen LogP contribution in [0, 0.1) is 0 Å². The van der Waals surface area contributed by atoms with Crippen LogP contribution in [0.4, 0.5) is 0 Å². The standard InChI is InChI=1S/C26H28N2/c1-25(2,3)23-14-17-10-9-13-19(21(17)15-27-23)22-16-28-24(26(4,5)6)20-12-8-7-11-18(20)22/h7-16H,1-6H3. The first-order valence-electron chi connectivity index (χ1n) is 9.94. The van der Waals surface area contributed by atoms with E-state index in [0.29, 0.717) is 0 Å². The zero-order chi connectivity index (χ0) is 20.1. The summed E-state index contributed by atoms with van der Waals surface area (Å²) in [4.78, 5) is 9.68. The van der Waals surface area contributed by atoms with Gasteiger partial charge in [-0.15, -0.1) is 0 Å². The van der Waals surface area contributed by atoms with Crippen LogP contribution in [0.3, 0.4) is 0 Å². The van der Waals surface area contributed by atoms with E-state index in [4.69, 9.17) is 9.97 Å². The molecule has 28 heavy (non-hydrogen) atoms. The highest BCUT2D eigenvalue weighted by molar-refractivity contribution is 6.05. The Morgan fingerprint density at radius 2 is 1.32 bits per heavy atom. The van der Waals surface area contributed by atoms with E-state index < -0.39 is 0 Å². The molecule has 0 saturated carbocycles.